The molecular weight excluding hydrogens is 340 g/mol. The molecule has 0 fully saturated rings. The molecule has 0 saturated heterocycles. The van der Waals surface area contributed by atoms with Gasteiger partial charge in [-0.1, -0.05) is 6.92 Å². The highest BCUT2D eigenvalue weighted by molar-refractivity contribution is 5.96. The predicted molar refractivity (Wildman–Crippen MR) is 106 cm³/mol. The predicted octanol–water partition coefficient (Wildman–Crippen LogP) is 3.12. The molecule has 2 atom stereocenters. The highest BCUT2D eigenvalue weighted by Gasteiger charge is 2.33. The molecule has 2 rings (SSSR count). The monoisotopic (exact) mass is 378 g/mol. The Morgan fingerprint density at radius 1 is 1.33 bits per heavy atom. The van der Waals surface area contributed by atoms with Gasteiger partial charge in [-0.05, 0) is 64.2 Å². The smallest absolute Gasteiger partial charge is 0.253 e. The number of amides is 2. The summed E-state index contributed by atoms with van der Waals surface area (Å²) in [6.45, 7) is 7.15. The second-order valence-corrected chi connectivity index (χ2v) is 6.14. The van der Waals surface area contributed by atoms with Crippen molar-refractivity contribution < 1.29 is 23.4 Å². The van der Waals surface area contributed by atoms with Gasteiger partial charge in [-0.2, -0.15) is 0 Å². The highest BCUT2D eigenvalue weighted by atomic mass is 16.2. The van der Waals surface area contributed by atoms with Gasteiger partial charge in [0.1, 0.15) is 0 Å². The van der Waals surface area contributed by atoms with Crippen LogP contribution in [0.15, 0.2) is 30.6 Å². The second-order valence-electron chi connectivity index (χ2n) is 6.14. The van der Waals surface area contributed by atoms with Crippen molar-refractivity contribution in [2.75, 3.05) is 0 Å². The maximum Gasteiger partial charge on any atom is 0.253 e. The van der Waals surface area contributed by atoms with Gasteiger partial charge in [-0.3, -0.25) is 19.6 Å². The van der Waals surface area contributed by atoms with Gasteiger partial charge in [0.2, 0.25) is 0 Å². The standard InChI is InChI=1S/C21H28N4O2/c1-7-21(6,25-20(27)18-12-22-9-8-13(18)2)16(5)24-19(26)17-10-14(3)15(4)23-11-17/h8-12,16H,7H2,1-6H3,(H,24,26)(H,25,27)/i7D2,8D,9D,10D,11D,12D,16D/hD2. The fourth-order valence-electron chi connectivity index (χ4n) is 2.07. The minimum absolute atomic E-state index is 0.000545. The Morgan fingerprint density at radius 3 is 2.70 bits per heavy atom. The number of nitrogens with one attached hydrogen (secondary N) is 2. The van der Waals surface area contributed by atoms with Crippen molar-refractivity contribution in [2.24, 2.45) is 0 Å². The number of nitrogens with zero attached hydrogens (tertiary/aromatic N) is 2. The number of hydrogen-bond acceptors (Lipinski definition) is 4. The van der Waals surface area contributed by atoms with Crippen LogP contribution < -0.4 is 10.6 Å². The van der Waals surface area contributed by atoms with Gasteiger partial charge in [0.25, 0.3) is 11.8 Å². The van der Waals surface area contributed by atoms with Gasteiger partial charge < -0.3 is 10.6 Å². The summed E-state index contributed by atoms with van der Waals surface area (Å²) in [7, 11) is 0. The summed E-state index contributed by atoms with van der Waals surface area (Å²) in [6.07, 6.45) is -4.54. The van der Waals surface area contributed by atoms with Crippen LogP contribution in [-0.2, 0) is 0 Å². The summed E-state index contributed by atoms with van der Waals surface area (Å²) < 4.78 is 82.6. The zero-order chi connectivity index (χ0) is 29.0. The number of aromatic nitrogens is 2. The highest BCUT2D eigenvalue weighted by Crippen LogP contribution is 2.18. The quantitative estimate of drug-likeness (QED) is 0.809. The second kappa shape index (κ2) is 8.29. The average molecular weight is 379 g/mol. The first kappa shape index (κ1) is 10.5. The Labute approximate surface area is 175 Å². The first-order chi connectivity index (χ1) is 16.6. The molecular formula is C21H28N4O2. The molecule has 6 heteroatoms. The van der Waals surface area contributed by atoms with Crippen LogP contribution in [0.2, 0.25) is 2.82 Å². The minimum Gasteiger partial charge on any atom is -0.347 e. The van der Waals surface area contributed by atoms with E-state index in [9.17, 15) is 9.59 Å². The van der Waals surface area contributed by atoms with Gasteiger partial charge in [0, 0.05) is 33.0 Å². The van der Waals surface area contributed by atoms with Crippen LogP contribution in [0.3, 0.4) is 0 Å². The average Bonchev–Trinajstić information content (AvgIpc) is 2.78. The summed E-state index contributed by atoms with van der Waals surface area (Å²) in [5, 5.41) is 0.0440. The van der Waals surface area contributed by atoms with Crippen molar-refractivity contribution >= 4 is 11.8 Å². The first-order valence-electron chi connectivity index (χ1n) is 13.1. The van der Waals surface area contributed by atoms with Gasteiger partial charge in [0.15, 0.2) is 2.82 Å². The lowest BCUT2D eigenvalue weighted by Crippen LogP contribution is -2.59. The van der Waals surface area contributed by atoms with Crippen LogP contribution >= 0.6 is 0 Å². The van der Waals surface area contributed by atoms with Gasteiger partial charge >= 0.3 is 0 Å². The van der Waals surface area contributed by atoms with E-state index in [1.165, 1.54) is 20.8 Å². The summed E-state index contributed by atoms with van der Waals surface area (Å²) in [6, 6.07) is -3.58. The molecule has 2 aromatic rings. The van der Waals surface area contributed by atoms with E-state index in [2.05, 4.69) is 9.97 Å². The molecule has 0 aliphatic rings. The molecule has 6 nitrogen and oxygen atoms in total. The van der Waals surface area contributed by atoms with E-state index < -0.39 is 71.5 Å². The van der Waals surface area contributed by atoms with Gasteiger partial charge in [0.05, 0.1) is 24.9 Å². The zero-order valence-corrected chi connectivity index (χ0v) is 16.1. The van der Waals surface area contributed by atoms with Crippen molar-refractivity contribution in [3.63, 3.8) is 0 Å². The van der Waals surface area contributed by atoms with Crippen LogP contribution in [0.4, 0.5) is 0 Å². The third-order valence-corrected chi connectivity index (χ3v) is 4.25. The molecule has 0 spiro atoms. The van der Waals surface area contributed by atoms with E-state index >= 15 is 0 Å². The SMILES string of the molecule is [2H]c1nc([2H])c(C(=O)N([2H])C(C)(C([2H])([2H])C)C([2H])(C)N([2H])C(=O)c2c([2H])nc(C)c(C)c2[2H])c(C)c1[2H]. The lowest BCUT2D eigenvalue weighted by atomic mass is 9.89. The minimum atomic E-state index is -2.71. The zero-order valence-electron chi connectivity index (χ0n) is 26.1. The summed E-state index contributed by atoms with van der Waals surface area (Å²) in [5.41, 5.74) is -3.33. The lowest BCUT2D eigenvalue weighted by molar-refractivity contribution is 0.0832. The van der Waals surface area contributed by atoms with Crippen LogP contribution in [0, 0.1) is 20.8 Å². The van der Waals surface area contributed by atoms with E-state index in [0.717, 1.165) is 20.8 Å². The van der Waals surface area contributed by atoms with E-state index in [1.54, 1.807) is 0 Å². The third kappa shape index (κ3) is 4.70. The fraction of sp³-hybridized carbons (Fsp3) is 0.429. The van der Waals surface area contributed by atoms with E-state index in [-0.39, 0.29) is 21.7 Å². The van der Waals surface area contributed by atoms with Crippen LogP contribution in [0.1, 0.15) is 75.6 Å². The molecule has 2 amide bonds. The molecule has 144 valence electrons. The number of carbonyl (C=O) groups is 2. The van der Waals surface area contributed by atoms with Crippen molar-refractivity contribution in [3.05, 3.63) is 58.6 Å². The Hall–Kier alpha value is -2.76. The molecule has 27 heavy (non-hydrogen) atoms. The Kier molecular flexibility index (Phi) is 3.24. The maximum absolute atomic E-state index is 13.4. The van der Waals surface area contributed by atoms with Crippen molar-refractivity contribution in [1.82, 2.24) is 20.6 Å². The molecule has 2 heterocycles. The van der Waals surface area contributed by atoms with Crippen molar-refractivity contribution in [1.29, 1.82) is 0 Å². The number of hydrogen-bond donors (Lipinski definition) is 2. The molecule has 0 aliphatic carbocycles. The van der Waals surface area contributed by atoms with Gasteiger partial charge in [-0.15, -0.1) is 0 Å². The fourth-order valence-corrected chi connectivity index (χ4v) is 2.07. The molecule has 2 aromatic heterocycles. The molecule has 0 radical (unpaired) electrons. The van der Waals surface area contributed by atoms with Crippen LogP contribution in [0.25, 0.3) is 0 Å². The third-order valence-electron chi connectivity index (χ3n) is 4.25. The molecule has 0 aromatic carbocycles. The molecule has 0 saturated carbocycles. The maximum atomic E-state index is 13.4. The van der Waals surface area contributed by atoms with Crippen molar-refractivity contribution in [2.45, 2.75) is 59.5 Å². The van der Waals surface area contributed by atoms with Crippen molar-refractivity contribution in [3.8, 4) is 0 Å². The molecule has 0 bridgehead atoms. The van der Waals surface area contributed by atoms with Gasteiger partial charge in [-0.25, -0.2) is 0 Å². The normalized spacial score (nSPS) is 21.1. The summed E-state index contributed by atoms with van der Waals surface area (Å²) in [4.78, 5) is 34.1. The Bertz CT molecular complexity index is 1280. The number of aryl methyl sites for hydroxylation is 1. The summed E-state index contributed by atoms with van der Waals surface area (Å²) >= 11 is 0. The van der Waals surface area contributed by atoms with Crippen LogP contribution in [0.5, 0.6) is 0 Å². The number of rotatable bonds is 6. The number of carbonyl (C=O) groups excluding carboxylic acids is 2. The van der Waals surface area contributed by atoms with E-state index in [1.807, 2.05) is 0 Å². The first-order valence-corrected chi connectivity index (χ1v) is 8.20. The largest absolute Gasteiger partial charge is 0.347 e. The Balaban J connectivity index is 2.71. The Morgan fingerprint density at radius 2 is 2.04 bits per heavy atom. The van der Waals surface area contributed by atoms with E-state index in [0.29, 0.717) is 5.69 Å². The number of pyridine rings is 2. The van der Waals surface area contributed by atoms with Crippen LogP contribution in [-0.4, -0.2) is 33.3 Å². The molecule has 2 unspecified atom stereocenters. The molecule has 2 N–H and O–H groups in total. The lowest BCUT2D eigenvalue weighted by Gasteiger charge is -2.36. The summed E-state index contributed by atoms with van der Waals surface area (Å²) in [5.74, 6) is -2.66. The molecule has 0 aliphatic heterocycles. The topological polar surface area (TPSA) is 84.0 Å². The van der Waals surface area contributed by atoms with E-state index in [4.69, 9.17) is 13.8 Å².